The number of carbonyl (C=O) groups excluding carboxylic acids is 1. The Morgan fingerprint density at radius 2 is 2.00 bits per heavy atom. The zero-order chi connectivity index (χ0) is 17.7. The molecule has 0 radical (unpaired) electrons. The fraction of sp³-hybridized carbons (Fsp3) is 0.529. The number of carbonyl (C=O) groups is 2. The van der Waals surface area contributed by atoms with E-state index in [0.29, 0.717) is 37.7 Å². The lowest BCUT2D eigenvalue weighted by atomic mass is 10.0. The molecule has 24 heavy (non-hydrogen) atoms. The van der Waals surface area contributed by atoms with E-state index in [1.165, 1.54) is 6.07 Å². The highest BCUT2D eigenvalue weighted by molar-refractivity contribution is 5.76. The Morgan fingerprint density at radius 3 is 2.62 bits per heavy atom. The minimum Gasteiger partial charge on any atom is -0.481 e. The van der Waals surface area contributed by atoms with Crippen LogP contribution in [0.15, 0.2) is 24.3 Å². The standard InChI is InChI=1S/C17H20F3NO3/c18-17(19,20)13-5-1-3-11(9-13)4-2-6-15(22)21-14-8-7-12(10-14)16(23)24/h1,3,5,9,12,14H,2,4,6-8,10H2,(H,21,22)(H,23,24)/t12-,14+/m1/s1. The SMILES string of the molecule is O=C(CCCc1cccc(C(F)(F)F)c1)N[C@H]1CC[C@@H](C(=O)O)C1. The lowest BCUT2D eigenvalue weighted by molar-refractivity contribution is -0.141. The van der Waals surface area contributed by atoms with Gasteiger partial charge in [0.2, 0.25) is 5.91 Å². The lowest BCUT2D eigenvalue weighted by Gasteiger charge is -2.12. The summed E-state index contributed by atoms with van der Waals surface area (Å²) in [5, 5.41) is 11.7. The third-order valence-electron chi connectivity index (χ3n) is 4.27. The maximum absolute atomic E-state index is 12.6. The molecule has 1 aliphatic rings. The van der Waals surface area contributed by atoms with Gasteiger partial charge in [0.15, 0.2) is 0 Å². The van der Waals surface area contributed by atoms with Gasteiger partial charge in [-0.3, -0.25) is 9.59 Å². The Kier molecular flexibility index (Phi) is 5.85. The number of benzene rings is 1. The minimum absolute atomic E-state index is 0.118. The van der Waals surface area contributed by atoms with Crippen molar-refractivity contribution in [3.63, 3.8) is 0 Å². The van der Waals surface area contributed by atoms with E-state index in [1.807, 2.05) is 0 Å². The largest absolute Gasteiger partial charge is 0.481 e. The maximum atomic E-state index is 12.6. The van der Waals surface area contributed by atoms with Crippen molar-refractivity contribution in [2.45, 2.75) is 50.7 Å². The van der Waals surface area contributed by atoms with Crippen LogP contribution in [0.2, 0.25) is 0 Å². The Balaban J connectivity index is 1.74. The first kappa shape index (κ1) is 18.3. The summed E-state index contributed by atoms with van der Waals surface area (Å²) in [6.07, 6.45) is -1.67. The van der Waals surface area contributed by atoms with E-state index in [-0.39, 0.29) is 18.4 Å². The van der Waals surface area contributed by atoms with Gasteiger partial charge in [-0.05, 0) is 43.7 Å². The molecule has 0 saturated heterocycles. The van der Waals surface area contributed by atoms with Gasteiger partial charge in [0.05, 0.1) is 11.5 Å². The van der Waals surface area contributed by atoms with Gasteiger partial charge in [-0.15, -0.1) is 0 Å². The van der Waals surface area contributed by atoms with Crippen LogP contribution in [-0.2, 0) is 22.2 Å². The van der Waals surface area contributed by atoms with Gasteiger partial charge in [0.1, 0.15) is 0 Å². The van der Waals surface area contributed by atoms with Crippen molar-refractivity contribution in [3.8, 4) is 0 Å². The minimum atomic E-state index is -4.36. The van der Waals surface area contributed by atoms with Crippen molar-refractivity contribution >= 4 is 11.9 Å². The summed E-state index contributed by atoms with van der Waals surface area (Å²) in [5.41, 5.74) is -0.139. The van der Waals surface area contributed by atoms with E-state index >= 15 is 0 Å². The van der Waals surface area contributed by atoms with Crippen LogP contribution in [0.3, 0.4) is 0 Å². The van der Waals surface area contributed by atoms with Crippen LogP contribution < -0.4 is 5.32 Å². The van der Waals surface area contributed by atoms with Crippen LogP contribution in [0, 0.1) is 5.92 Å². The van der Waals surface area contributed by atoms with Crippen LogP contribution in [-0.4, -0.2) is 23.0 Å². The molecule has 1 amide bonds. The van der Waals surface area contributed by atoms with Crippen LogP contribution >= 0.6 is 0 Å². The molecule has 1 fully saturated rings. The highest BCUT2D eigenvalue weighted by atomic mass is 19.4. The number of halogens is 3. The average molecular weight is 343 g/mol. The van der Waals surface area contributed by atoms with Gasteiger partial charge in [0, 0.05) is 12.5 Å². The van der Waals surface area contributed by atoms with Crippen LogP contribution in [0.4, 0.5) is 13.2 Å². The molecule has 0 aliphatic heterocycles. The molecule has 2 rings (SSSR count). The molecule has 0 unspecified atom stereocenters. The molecule has 0 aromatic heterocycles. The summed E-state index contributed by atoms with van der Waals surface area (Å²) in [7, 11) is 0. The Bertz CT molecular complexity index is 601. The number of hydrogen-bond donors (Lipinski definition) is 2. The monoisotopic (exact) mass is 343 g/mol. The zero-order valence-corrected chi connectivity index (χ0v) is 13.1. The normalized spacial score (nSPS) is 20.8. The van der Waals surface area contributed by atoms with Gasteiger partial charge < -0.3 is 10.4 Å². The summed E-state index contributed by atoms with van der Waals surface area (Å²) in [6, 6.07) is 4.98. The smallest absolute Gasteiger partial charge is 0.416 e. The number of alkyl halides is 3. The highest BCUT2D eigenvalue weighted by Crippen LogP contribution is 2.30. The fourth-order valence-electron chi connectivity index (χ4n) is 2.99. The Labute approximate surface area is 138 Å². The third kappa shape index (κ3) is 5.25. The van der Waals surface area contributed by atoms with E-state index in [1.54, 1.807) is 6.07 Å². The summed E-state index contributed by atoms with van der Waals surface area (Å²) < 4.78 is 37.9. The Hall–Kier alpha value is -2.05. The van der Waals surface area contributed by atoms with Crippen molar-refractivity contribution in [3.05, 3.63) is 35.4 Å². The number of carboxylic acids is 1. The first-order valence-electron chi connectivity index (χ1n) is 7.94. The first-order valence-corrected chi connectivity index (χ1v) is 7.94. The molecule has 0 bridgehead atoms. The third-order valence-corrected chi connectivity index (χ3v) is 4.27. The fourth-order valence-corrected chi connectivity index (χ4v) is 2.99. The molecule has 132 valence electrons. The number of aliphatic carboxylic acids is 1. The molecule has 2 N–H and O–H groups in total. The molecular weight excluding hydrogens is 323 g/mol. The topological polar surface area (TPSA) is 66.4 Å². The van der Waals surface area contributed by atoms with E-state index in [0.717, 1.165) is 12.1 Å². The predicted molar refractivity (Wildman–Crippen MR) is 81.3 cm³/mol. The molecule has 0 heterocycles. The second-order valence-corrected chi connectivity index (χ2v) is 6.16. The molecular formula is C17H20F3NO3. The summed E-state index contributed by atoms with van der Waals surface area (Å²) >= 11 is 0. The lowest BCUT2D eigenvalue weighted by Crippen LogP contribution is -2.33. The molecule has 7 heteroatoms. The Morgan fingerprint density at radius 1 is 1.25 bits per heavy atom. The molecule has 1 aromatic carbocycles. The molecule has 1 aliphatic carbocycles. The van der Waals surface area contributed by atoms with Crippen molar-refractivity contribution in [2.75, 3.05) is 0 Å². The second kappa shape index (κ2) is 7.68. The number of carboxylic acid groups (broad SMARTS) is 1. The second-order valence-electron chi connectivity index (χ2n) is 6.16. The summed E-state index contributed by atoms with van der Waals surface area (Å²) in [6.45, 7) is 0. The van der Waals surface area contributed by atoms with Gasteiger partial charge in [0.25, 0.3) is 0 Å². The molecule has 2 atom stereocenters. The summed E-state index contributed by atoms with van der Waals surface area (Å²) in [5.74, 6) is -1.42. The maximum Gasteiger partial charge on any atom is 0.416 e. The highest BCUT2D eigenvalue weighted by Gasteiger charge is 2.31. The number of nitrogens with one attached hydrogen (secondary N) is 1. The van der Waals surface area contributed by atoms with E-state index in [4.69, 9.17) is 5.11 Å². The molecule has 0 spiro atoms. The van der Waals surface area contributed by atoms with Crippen molar-refractivity contribution in [1.82, 2.24) is 5.32 Å². The van der Waals surface area contributed by atoms with Crippen molar-refractivity contribution in [1.29, 1.82) is 0 Å². The molecule has 1 aromatic rings. The number of hydrogen-bond acceptors (Lipinski definition) is 2. The van der Waals surface area contributed by atoms with E-state index in [2.05, 4.69) is 5.32 Å². The number of aryl methyl sites for hydroxylation is 1. The van der Waals surface area contributed by atoms with Crippen molar-refractivity contribution < 1.29 is 27.9 Å². The number of rotatable bonds is 6. The van der Waals surface area contributed by atoms with Gasteiger partial charge in [-0.25, -0.2) is 0 Å². The van der Waals surface area contributed by atoms with Crippen LogP contribution in [0.1, 0.15) is 43.2 Å². The number of amides is 1. The summed E-state index contributed by atoms with van der Waals surface area (Å²) in [4.78, 5) is 22.7. The van der Waals surface area contributed by atoms with Gasteiger partial charge in [-0.1, -0.05) is 18.2 Å². The first-order chi connectivity index (χ1) is 11.3. The quantitative estimate of drug-likeness (QED) is 0.832. The van der Waals surface area contributed by atoms with E-state index in [9.17, 15) is 22.8 Å². The van der Waals surface area contributed by atoms with E-state index < -0.39 is 23.6 Å². The van der Waals surface area contributed by atoms with Gasteiger partial charge >= 0.3 is 12.1 Å². The predicted octanol–water partition coefficient (Wildman–Crippen LogP) is 3.40. The molecule has 1 saturated carbocycles. The molecule has 4 nitrogen and oxygen atoms in total. The average Bonchev–Trinajstić information content (AvgIpc) is 2.95. The van der Waals surface area contributed by atoms with Crippen LogP contribution in [0.5, 0.6) is 0 Å². The zero-order valence-electron chi connectivity index (χ0n) is 13.1. The van der Waals surface area contributed by atoms with Crippen molar-refractivity contribution in [2.24, 2.45) is 5.92 Å². The van der Waals surface area contributed by atoms with Gasteiger partial charge in [-0.2, -0.15) is 13.2 Å². The van der Waals surface area contributed by atoms with Crippen LogP contribution in [0.25, 0.3) is 0 Å².